The Morgan fingerprint density at radius 3 is 2.38 bits per heavy atom. The molecule has 1 aromatic rings. The van der Waals surface area contributed by atoms with Gasteiger partial charge in [0.1, 0.15) is 0 Å². The predicted molar refractivity (Wildman–Crippen MR) is 92.9 cm³/mol. The van der Waals surface area contributed by atoms with E-state index in [-0.39, 0.29) is 0 Å². The van der Waals surface area contributed by atoms with Crippen LogP contribution in [-0.4, -0.2) is 19.1 Å². The molecule has 2 heteroatoms. The van der Waals surface area contributed by atoms with Crippen LogP contribution in [0.25, 0.3) is 0 Å². The van der Waals surface area contributed by atoms with Crippen LogP contribution < -0.4 is 10.2 Å². The molecule has 1 N–H and O–H groups in total. The van der Waals surface area contributed by atoms with Crippen molar-refractivity contribution in [3.8, 4) is 0 Å². The summed E-state index contributed by atoms with van der Waals surface area (Å²) >= 11 is 0. The molecule has 1 aliphatic rings. The maximum absolute atomic E-state index is 3.39. The Hall–Kier alpha value is -1.02. The van der Waals surface area contributed by atoms with Gasteiger partial charge in [-0.25, -0.2) is 0 Å². The maximum Gasteiger partial charge on any atom is 0.0368 e. The fourth-order valence-electron chi connectivity index (χ4n) is 3.21. The van der Waals surface area contributed by atoms with Crippen molar-refractivity contribution in [2.24, 2.45) is 5.92 Å². The summed E-state index contributed by atoms with van der Waals surface area (Å²) in [5, 5.41) is 3.39. The van der Waals surface area contributed by atoms with Gasteiger partial charge in [0.05, 0.1) is 0 Å². The van der Waals surface area contributed by atoms with E-state index >= 15 is 0 Å². The van der Waals surface area contributed by atoms with Crippen LogP contribution in [-0.2, 0) is 6.54 Å². The second-order valence-electron chi connectivity index (χ2n) is 6.76. The number of rotatable bonds is 8. The van der Waals surface area contributed by atoms with E-state index < -0.39 is 0 Å². The molecule has 0 unspecified atom stereocenters. The van der Waals surface area contributed by atoms with Gasteiger partial charge in [-0.05, 0) is 49.4 Å². The van der Waals surface area contributed by atoms with Gasteiger partial charge < -0.3 is 10.2 Å². The SMILES string of the molecule is CCNCc1ccc(N(CCC(C)C)C2CCCC2)cc1. The summed E-state index contributed by atoms with van der Waals surface area (Å²) in [5.41, 5.74) is 2.80. The molecule has 21 heavy (non-hydrogen) atoms. The smallest absolute Gasteiger partial charge is 0.0368 e. The minimum absolute atomic E-state index is 0.767. The highest BCUT2D eigenvalue weighted by Gasteiger charge is 2.22. The molecule has 1 aromatic carbocycles. The van der Waals surface area contributed by atoms with Crippen molar-refractivity contribution in [2.45, 2.75) is 65.5 Å². The molecule has 1 aliphatic carbocycles. The monoisotopic (exact) mass is 288 g/mol. The largest absolute Gasteiger partial charge is 0.369 e. The van der Waals surface area contributed by atoms with Crippen LogP contribution >= 0.6 is 0 Å². The van der Waals surface area contributed by atoms with Gasteiger partial charge >= 0.3 is 0 Å². The third kappa shape index (κ3) is 5.03. The summed E-state index contributed by atoms with van der Waals surface area (Å²) in [6.45, 7) is 10.0. The van der Waals surface area contributed by atoms with Gasteiger partial charge in [-0.1, -0.05) is 45.7 Å². The van der Waals surface area contributed by atoms with Crippen LogP contribution in [0.5, 0.6) is 0 Å². The normalized spacial score (nSPS) is 15.8. The lowest BCUT2D eigenvalue weighted by Gasteiger charge is -2.32. The van der Waals surface area contributed by atoms with Gasteiger partial charge in [0.25, 0.3) is 0 Å². The van der Waals surface area contributed by atoms with Crippen molar-refractivity contribution >= 4 is 5.69 Å². The minimum Gasteiger partial charge on any atom is -0.369 e. The van der Waals surface area contributed by atoms with Crippen LogP contribution in [0, 0.1) is 5.92 Å². The number of nitrogens with zero attached hydrogens (tertiary/aromatic N) is 1. The van der Waals surface area contributed by atoms with Crippen molar-refractivity contribution in [3.05, 3.63) is 29.8 Å². The first-order valence-corrected chi connectivity index (χ1v) is 8.77. The van der Waals surface area contributed by atoms with E-state index in [0.717, 1.165) is 25.0 Å². The van der Waals surface area contributed by atoms with Gasteiger partial charge in [0.15, 0.2) is 0 Å². The molecule has 1 fully saturated rings. The lowest BCUT2D eigenvalue weighted by Crippen LogP contribution is -2.34. The molecule has 2 nitrogen and oxygen atoms in total. The number of hydrogen-bond donors (Lipinski definition) is 1. The second-order valence-corrected chi connectivity index (χ2v) is 6.76. The fraction of sp³-hybridized carbons (Fsp3) is 0.684. The molecule has 0 aromatic heterocycles. The third-order valence-electron chi connectivity index (χ3n) is 4.56. The van der Waals surface area contributed by atoms with Crippen molar-refractivity contribution in [3.63, 3.8) is 0 Å². The van der Waals surface area contributed by atoms with Crippen molar-refractivity contribution < 1.29 is 0 Å². The first kappa shape index (κ1) is 16.4. The van der Waals surface area contributed by atoms with Crippen LogP contribution in [0.15, 0.2) is 24.3 Å². The molecule has 118 valence electrons. The summed E-state index contributed by atoms with van der Waals surface area (Å²) in [7, 11) is 0. The predicted octanol–water partition coefficient (Wildman–Crippen LogP) is 4.59. The highest BCUT2D eigenvalue weighted by molar-refractivity contribution is 5.48. The van der Waals surface area contributed by atoms with Crippen LogP contribution in [0.2, 0.25) is 0 Å². The molecule has 2 rings (SSSR count). The molecule has 0 spiro atoms. The third-order valence-corrected chi connectivity index (χ3v) is 4.56. The summed E-state index contributed by atoms with van der Waals surface area (Å²) in [4.78, 5) is 2.67. The van der Waals surface area contributed by atoms with E-state index in [0.29, 0.717) is 0 Å². The van der Waals surface area contributed by atoms with Crippen LogP contribution in [0.4, 0.5) is 5.69 Å². The Kier molecular flexibility index (Phi) is 6.56. The Morgan fingerprint density at radius 2 is 1.81 bits per heavy atom. The van der Waals surface area contributed by atoms with E-state index in [4.69, 9.17) is 0 Å². The lowest BCUT2D eigenvalue weighted by atomic mass is 10.1. The average molecular weight is 288 g/mol. The minimum atomic E-state index is 0.767. The fourth-order valence-corrected chi connectivity index (χ4v) is 3.21. The number of benzene rings is 1. The molecule has 0 radical (unpaired) electrons. The highest BCUT2D eigenvalue weighted by atomic mass is 15.2. The summed E-state index contributed by atoms with van der Waals surface area (Å²) in [5.74, 6) is 0.780. The van der Waals surface area contributed by atoms with Crippen molar-refractivity contribution in [1.29, 1.82) is 0 Å². The quantitative estimate of drug-likeness (QED) is 0.752. The molecular formula is C19H32N2. The molecule has 1 saturated carbocycles. The molecular weight excluding hydrogens is 256 g/mol. The number of nitrogens with one attached hydrogen (secondary N) is 1. The first-order valence-electron chi connectivity index (χ1n) is 8.77. The van der Waals surface area contributed by atoms with E-state index in [9.17, 15) is 0 Å². The molecule has 0 heterocycles. The Labute approximate surface area is 130 Å². The van der Waals surface area contributed by atoms with Gasteiger partial charge in [0, 0.05) is 24.8 Å². The topological polar surface area (TPSA) is 15.3 Å². The van der Waals surface area contributed by atoms with E-state index in [2.05, 4.69) is 55.3 Å². The zero-order valence-electron chi connectivity index (χ0n) is 14.1. The average Bonchev–Trinajstić information content (AvgIpc) is 3.00. The molecule has 0 saturated heterocycles. The van der Waals surface area contributed by atoms with Crippen molar-refractivity contribution in [2.75, 3.05) is 18.0 Å². The number of hydrogen-bond acceptors (Lipinski definition) is 2. The number of anilines is 1. The summed E-state index contributed by atoms with van der Waals surface area (Å²) < 4.78 is 0. The van der Waals surface area contributed by atoms with Crippen molar-refractivity contribution in [1.82, 2.24) is 5.32 Å². The van der Waals surface area contributed by atoms with Gasteiger partial charge in [-0.2, -0.15) is 0 Å². The van der Waals surface area contributed by atoms with Gasteiger partial charge in [0.2, 0.25) is 0 Å². The zero-order valence-corrected chi connectivity index (χ0v) is 14.1. The van der Waals surface area contributed by atoms with Crippen LogP contribution in [0.3, 0.4) is 0 Å². The highest BCUT2D eigenvalue weighted by Crippen LogP contribution is 2.29. The first-order chi connectivity index (χ1) is 10.2. The van der Waals surface area contributed by atoms with Gasteiger partial charge in [-0.3, -0.25) is 0 Å². The van der Waals surface area contributed by atoms with E-state index in [1.54, 1.807) is 0 Å². The summed E-state index contributed by atoms with van der Waals surface area (Å²) in [6, 6.07) is 9.99. The standard InChI is InChI=1S/C19H32N2/c1-4-20-15-17-9-11-19(12-10-17)21(14-13-16(2)3)18-7-5-6-8-18/h9-12,16,18,20H,4-8,13-15H2,1-3H3. The lowest BCUT2D eigenvalue weighted by molar-refractivity contribution is 0.528. The zero-order chi connectivity index (χ0) is 15.1. The molecule has 0 aliphatic heterocycles. The molecule has 0 atom stereocenters. The maximum atomic E-state index is 3.39. The summed E-state index contributed by atoms with van der Waals surface area (Å²) in [6.07, 6.45) is 6.84. The Morgan fingerprint density at radius 1 is 1.14 bits per heavy atom. The Balaban J connectivity index is 2.04. The molecule has 0 bridgehead atoms. The second kappa shape index (κ2) is 8.43. The van der Waals surface area contributed by atoms with E-state index in [1.807, 2.05) is 0 Å². The Bertz CT molecular complexity index is 391. The molecule has 0 amide bonds. The van der Waals surface area contributed by atoms with Crippen LogP contribution in [0.1, 0.15) is 58.4 Å². The van der Waals surface area contributed by atoms with Gasteiger partial charge in [-0.15, -0.1) is 0 Å². The van der Waals surface area contributed by atoms with E-state index in [1.165, 1.54) is 49.9 Å².